The Bertz CT molecular complexity index is 819. The summed E-state index contributed by atoms with van der Waals surface area (Å²) in [5, 5.41) is 14.0. The number of carbonyl (C=O) groups is 1. The Kier molecular flexibility index (Phi) is 5.20. The van der Waals surface area contributed by atoms with E-state index in [1.165, 1.54) is 6.20 Å². The molecule has 0 bridgehead atoms. The fourth-order valence-corrected chi connectivity index (χ4v) is 2.07. The van der Waals surface area contributed by atoms with Gasteiger partial charge in [0, 0.05) is 5.69 Å². The molecule has 25 heavy (non-hydrogen) atoms. The Morgan fingerprint density at radius 3 is 2.80 bits per heavy atom. The van der Waals surface area contributed by atoms with E-state index in [-0.39, 0.29) is 5.97 Å². The van der Waals surface area contributed by atoms with Gasteiger partial charge in [-0.3, -0.25) is 0 Å². The van der Waals surface area contributed by atoms with Crippen molar-refractivity contribution in [3.63, 3.8) is 0 Å². The lowest BCUT2D eigenvalue weighted by Crippen LogP contribution is -2.06. The molecule has 0 aliphatic carbocycles. The van der Waals surface area contributed by atoms with Crippen LogP contribution in [0.15, 0.2) is 53.3 Å². The second-order valence-corrected chi connectivity index (χ2v) is 5.02. The van der Waals surface area contributed by atoms with Gasteiger partial charge in [-0.15, -0.1) is 5.10 Å². The van der Waals surface area contributed by atoms with Crippen LogP contribution in [0, 0.1) is 0 Å². The number of esters is 1. The number of benzene rings is 1. The molecule has 1 aromatic carbocycles. The predicted octanol–water partition coefficient (Wildman–Crippen LogP) is 3.00. The van der Waals surface area contributed by atoms with Crippen LogP contribution >= 0.6 is 0 Å². The van der Waals surface area contributed by atoms with Crippen LogP contribution < -0.4 is 10.6 Å². The maximum absolute atomic E-state index is 11.6. The number of ether oxygens (including phenoxy) is 1. The molecule has 3 rings (SSSR count). The van der Waals surface area contributed by atoms with Gasteiger partial charge in [0.25, 0.3) is 0 Å². The van der Waals surface area contributed by atoms with E-state index in [9.17, 15) is 4.79 Å². The van der Waals surface area contributed by atoms with Crippen LogP contribution in [-0.4, -0.2) is 27.8 Å². The number of nitrogens with one attached hydrogen (secondary N) is 2. The fourth-order valence-electron chi connectivity index (χ4n) is 2.07. The molecule has 0 saturated heterocycles. The van der Waals surface area contributed by atoms with Gasteiger partial charge < -0.3 is 19.8 Å². The standard InChI is InChI=1S/C17H17N5O3/c1-2-24-16(23)12-5-7-13(8-6-12)20-15-11-19-22-17(21-15)18-10-14-4-3-9-25-14/h3-9,11H,2,10H2,1H3,(H2,18,20,21,22). The molecule has 2 aromatic heterocycles. The highest BCUT2D eigenvalue weighted by molar-refractivity contribution is 5.89. The molecule has 0 fully saturated rings. The Morgan fingerprint density at radius 1 is 1.24 bits per heavy atom. The number of hydrogen-bond acceptors (Lipinski definition) is 8. The van der Waals surface area contributed by atoms with Crippen LogP contribution in [0.4, 0.5) is 17.5 Å². The number of nitrogens with zero attached hydrogens (tertiary/aromatic N) is 3. The summed E-state index contributed by atoms with van der Waals surface area (Å²) in [7, 11) is 0. The summed E-state index contributed by atoms with van der Waals surface area (Å²) in [6.45, 7) is 2.58. The van der Waals surface area contributed by atoms with Gasteiger partial charge in [-0.1, -0.05) is 0 Å². The molecule has 0 spiro atoms. The molecule has 2 heterocycles. The summed E-state index contributed by atoms with van der Waals surface area (Å²) >= 11 is 0. The van der Waals surface area contributed by atoms with Crippen LogP contribution in [0.25, 0.3) is 0 Å². The quantitative estimate of drug-likeness (QED) is 0.633. The second-order valence-electron chi connectivity index (χ2n) is 5.02. The smallest absolute Gasteiger partial charge is 0.338 e. The molecule has 8 nitrogen and oxygen atoms in total. The van der Waals surface area contributed by atoms with Crippen LogP contribution in [0.1, 0.15) is 23.0 Å². The number of aromatic nitrogens is 3. The lowest BCUT2D eigenvalue weighted by atomic mass is 10.2. The topological polar surface area (TPSA) is 102 Å². The molecular weight excluding hydrogens is 322 g/mol. The van der Waals surface area contributed by atoms with E-state index in [1.54, 1.807) is 37.5 Å². The SMILES string of the molecule is CCOC(=O)c1ccc(Nc2cnnc(NCc3ccco3)n2)cc1. The Hall–Kier alpha value is -3.42. The molecule has 0 unspecified atom stereocenters. The van der Waals surface area contributed by atoms with Crippen molar-refractivity contribution in [3.8, 4) is 0 Å². The van der Waals surface area contributed by atoms with Crippen LogP contribution in [0.2, 0.25) is 0 Å². The Morgan fingerprint density at radius 2 is 2.08 bits per heavy atom. The minimum Gasteiger partial charge on any atom is -0.467 e. The average molecular weight is 339 g/mol. The minimum absolute atomic E-state index is 0.345. The molecule has 0 atom stereocenters. The minimum atomic E-state index is -0.345. The zero-order chi connectivity index (χ0) is 17.5. The van der Waals surface area contributed by atoms with Gasteiger partial charge >= 0.3 is 5.97 Å². The summed E-state index contributed by atoms with van der Waals surface area (Å²) < 4.78 is 10.2. The van der Waals surface area contributed by atoms with Crippen molar-refractivity contribution in [2.45, 2.75) is 13.5 Å². The van der Waals surface area contributed by atoms with E-state index in [0.29, 0.717) is 30.5 Å². The largest absolute Gasteiger partial charge is 0.467 e. The van der Waals surface area contributed by atoms with Gasteiger partial charge in [0.05, 0.1) is 31.2 Å². The van der Waals surface area contributed by atoms with E-state index in [1.807, 2.05) is 12.1 Å². The Labute approximate surface area is 144 Å². The highest BCUT2D eigenvalue weighted by Crippen LogP contribution is 2.16. The molecule has 128 valence electrons. The van der Waals surface area contributed by atoms with E-state index in [4.69, 9.17) is 9.15 Å². The van der Waals surface area contributed by atoms with E-state index < -0.39 is 0 Å². The lowest BCUT2D eigenvalue weighted by molar-refractivity contribution is 0.0526. The monoisotopic (exact) mass is 339 g/mol. The predicted molar refractivity (Wildman–Crippen MR) is 91.5 cm³/mol. The molecule has 0 aliphatic rings. The third-order valence-electron chi connectivity index (χ3n) is 3.23. The van der Waals surface area contributed by atoms with Crippen molar-refractivity contribution in [2.24, 2.45) is 0 Å². The van der Waals surface area contributed by atoms with Gasteiger partial charge in [-0.25, -0.2) is 4.79 Å². The van der Waals surface area contributed by atoms with Crippen LogP contribution in [0.5, 0.6) is 0 Å². The third kappa shape index (κ3) is 4.54. The van der Waals surface area contributed by atoms with Crippen molar-refractivity contribution in [1.29, 1.82) is 0 Å². The van der Waals surface area contributed by atoms with Gasteiger partial charge in [0.15, 0.2) is 5.82 Å². The van der Waals surface area contributed by atoms with Crippen molar-refractivity contribution >= 4 is 23.4 Å². The zero-order valence-corrected chi connectivity index (χ0v) is 13.6. The van der Waals surface area contributed by atoms with Crippen LogP contribution in [-0.2, 0) is 11.3 Å². The van der Waals surface area contributed by atoms with Crippen molar-refractivity contribution in [2.75, 3.05) is 17.2 Å². The van der Waals surface area contributed by atoms with Gasteiger partial charge in [0.2, 0.25) is 5.95 Å². The van der Waals surface area contributed by atoms with Crippen molar-refractivity contribution < 1.29 is 13.9 Å². The molecule has 3 aromatic rings. The average Bonchev–Trinajstić information content (AvgIpc) is 3.15. The number of rotatable bonds is 7. The molecule has 2 N–H and O–H groups in total. The summed E-state index contributed by atoms with van der Waals surface area (Å²) in [4.78, 5) is 16.0. The summed E-state index contributed by atoms with van der Waals surface area (Å²) in [6.07, 6.45) is 3.12. The highest BCUT2D eigenvalue weighted by atomic mass is 16.5. The van der Waals surface area contributed by atoms with E-state index in [2.05, 4.69) is 25.8 Å². The normalized spacial score (nSPS) is 10.3. The van der Waals surface area contributed by atoms with E-state index >= 15 is 0 Å². The number of furan rings is 1. The van der Waals surface area contributed by atoms with Crippen molar-refractivity contribution in [1.82, 2.24) is 15.2 Å². The lowest BCUT2D eigenvalue weighted by Gasteiger charge is -2.08. The first kappa shape index (κ1) is 16.4. The maximum Gasteiger partial charge on any atom is 0.338 e. The molecular formula is C17H17N5O3. The van der Waals surface area contributed by atoms with Crippen LogP contribution in [0.3, 0.4) is 0 Å². The highest BCUT2D eigenvalue weighted by Gasteiger charge is 2.06. The molecule has 0 amide bonds. The first-order valence-corrected chi connectivity index (χ1v) is 7.75. The van der Waals surface area contributed by atoms with E-state index in [0.717, 1.165) is 11.4 Å². The molecule has 0 aliphatic heterocycles. The second kappa shape index (κ2) is 7.91. The first-order valence-electron chi connectivity index (χ1n) is 7.75. The van der Waals surface area contributed by atoms with Gasteiger partial charge in [0.1, 0.15) is 5.76 Å². The molecule has 0 saturated carbocycles. The summed E-state index contributed by atoms with van der Waals surface area (Å²) in [5.74, 6) is 1.34. The number of hydrogen-bond donors (Lipinski definition) is 2. The maximum atomic E-state index is 11.6. The third-order valence-corrected chi connectivity index (χ3v) is 3.23. The fraction of sp³-hybridized carbons (Fsp3) is 0.176. The van der Waals surface area contributed by atoms with Gasteiger partial charge in [-0.2, -0.15) is 10.1 Å². The molecule has 8 heteroatoms. The van der Waals surface area contributed by atoms with Crippen molar-refractivity contribution in [3.05, 3.63) is 60.2 Å². The first-order chi connectivity index (χ1) is 12.2. The number of carbonyl (C=O) groups excluding carboxylic acids is 1. The number of anilines is 3. The zero-order valence-electron chi connectivity index (χ0n) is 13.6. The molecule has 0 radical (unpaired) electrons. The summed E-state index contributed by atoms with van der Waals surface area (Å²) in [5.41, 5.74) is 1.26. The van der Waals surface area contributed by atoms with Gasteiger partial charge in [-0.05, 0) is 43.3 Å². The summed E-state index contributed by atoms with van der Waals surface area (Å²) in [6, 6.07) is 10.6. The Balaban J connectivity index is 1.62.